The predicted molar refractivity (Wildman–Crippen MR) is 119 cm³/mol. The predicted octanol–water partition coefficient (Wildman–Crippen LogP) is 1.51. The van der Waals surface area contributed by atoms with Gasteiger partial charge in [0.2, 0.25) is 0 Å². The Morgan fingerprint density at radius 3 is 1.65 bits per heavy atom. The molecule has 6 atom stereocenters. The van der Waals surface area contributed by atoms with Gasteiger partial charge in [-0.25, -0.2) is 9.59 Å². The lowest BCUT2D eigenvalue weighted by Crippen LogP contribution is -2.36. The highest BCUT2D eigenvalue weighted by Crippen LogP contribution is 2.34. The van der Waals surface area contributed by atoms with E-state index in [0.29, 0.717) is 23.3 Å². The van der Waals surface area contributed by atoms with E-state index in [-0.39, 0.29) is 49.1 Å². The van der Waals surface area contributed by atoms with Gasteiger partial charge in [0.05, 0.1) is 24.2 Å². The van der Waals surface area contributed by atoms with Crippen molar-refractivity contribution in [2.24, 2.45) is 0 Å². The molecule has 0 aliphatic carbocycles. The van der Waals surface area contributed by atoms with Crippen molar-refractivity contribution < 1.29 is 23.9 Å². The standard InChI is InChI=1S/C20H30N4O5S2/c25-15(7-3-1-5-13-17-11(9-30-13)21-19(27)23-17)29-16(26)8-4-2-6-14-18-12(10-31-14)22-20(28)24-18/h11-14,17-18H,1-10H2,(H2,21,23,27)(H2,22,24,28)/t11-,12-,13-,14-,17-,18-/m0/s1. The van der Waals surface area contributed by atoms with E-state index in [1.54, 1.807) is 0 Å². The summed E-state index contributed by atoms with van der Waals surface area (Å²) in [6.07, 6.45) is 5.47. The van der Waals surface area contributed by atoms with Crippen molar-refractivity contribution in [2.75, 3.05) is 11.5 Å². The van der Waals surface area contributed by atoms with Gasteiger partial charge in [-0.05, 0) is 25.7 Å². The molecule has 4 aliphatic rings. The lowest BCUT2D eigenvalue weighted by molar-refractivity contribution is -0.159. The summed E-state index contributed by atoms with van der Waals surface area (Å²) in [5, 5.41) is 12.5. The minimum absolute atomic E-state index is 0.0871. The normalized spacial score (nSPS) is 33.2. The number of carbonyl (C=O) groups is 4. The molecule has 4 N–H and O–H groups in total. The maximum atomic E-state index is 11.9. The van der Waals surface area contributed by atoms with Crippen molar-refractivity contribution in [1.29, 1.82) is 0 Å². The number of carbonyl (C=O) groups excluding carboxylic acids is 4. The van der Waals surface area contributed by atoms with E-state index < -0.39 is 11.9 Å². The molecule has 0 radical (unpaired) electrons. The number of esters is 2. The first-order valence-electron chi connectivity index (χ1n) is 11.1. The summed E-state index contributed by atoms with van der Waals surface area (Å²) < 4.78 is 4.94. The maximum Gasteiger partial charge on any atom is 0.315 e. The summed E-state index contributed by atoms with van der Waals surface area (Å²) in [5.41, 5.74) is 0. The SMILES string of the molecule is O=C1N[C@H]2[C@H](CS[C@H]2CCCCC(=O)OC(=O)CCCC[C@@H]2SC[C@@H]3NC(=O)N[C@@H]32)N1. The first kappa shape index (κ1) is 22.6. The topological polar surface area (TPSA) is 126 Å². The van der Waals surface area contributed by atoms with Crippen LogP contribution < -0.4 is 21.3 Å². The van der Waals surface area contributed by atoms with Crippen LogP contribution in [0, 0.1) is 0 Å². The average Bonchev–Trinajstić information content (AvgIpc) is 3.45. The van der Waals surface area contributed by atoms with E-state index in [1.165, 1.54) is 0 Å². The summed E-state index contributed by atoms with van der Waals surface area (Å²) in [4.78, 5) is 46.6. The summed E-state index contributed by atoms with van der Waals surface area (Å²) >= 11 is 3.72. The summed E-state index contributed by atoms with van der Waals surface area (Å²) in [7, 11) is 0. The van der Waals surface area contributed by atoms with E-state index in [4.69, 9.17) is 4.74 Å². The summed E-state index contributed by atoms with van der Waals surface area (Å²) in [5.74, 6) is 0.951. The third-order valence-electron chi connectivity index (χ3n) is 6.34. The molecule has 0 spiro atoms. The fraction of sp³-hybridized carbons (Fsp3) is 0.800. The lowest BCUT2D eigenvalue weighted by atomic mass is 10.0. The Balaban J connectivity index is 1.02. The minimum atomic E-state index is -0.452. The molecule has 4 rings (SSSR count). The van der Waals surface area contributed by atoms with Crippen molar-refractivity contribution in [3.8, 4) is 0 Å². The van der Waals surface area contributed by atoms with Gasteiger partial charge in [0.15, 0.2) is 0 Å². The second-order valence-electron chi connectivity index (χ2n) is 8.58. The molecular weight excluding hydrogens is 440 g/mol. The second-order valence-corrected chi connectivity index (χ2v) is 11.1. The molecule has 0 aromatic heterocycles. The smallest absolute Gasteiger partial charge is 0.315 e. The third kappa shape index (κ3) is 5.79. The molecule has 4 amide bonds. The minimum Gasteiger partial charge on any atom is -0.393 e. The maximum absolute atomic E-state index is 11.9. The molecule has 4 fully saturated rings. The Labute approximate surface area is 190 Å². The molecule has 0 saturated carbocycles. The zero-order valence-electron chi connectivity index (χ0n) is 17.4. The highest BCUT2D eigenvalue weighted by Gasteiger charge is 2.43. The Kier molecular flexibility index (Phi) is 7.52. The number of nitrogens with one attached hydrogen (secondary N) is 4. The second kappa shape index (κ2) is 10.3. The molecule has 31 heavy (non-hydrogen) atoms. The first-order chi connectivity index (χ1) is 15.0. The van der Waals surface area contributed by atoms with Crippen LogP contribution in [-0.4, -0.2) is 70.2 Å². The molecule has 4 saturated heterocycles. The summed E-state index contributed by atoms with van der Waals surface area (Å²) in [6.45, 7) is 0. The van der Waals surface area contributed by atoms with Gasteiger partial charge in [0, 0.05) is 34.8 Å². The Morgan fingerprint density at radius 1 is 0.742 bits per heavy atom. The van der Waals surface area contributed by atoms with Gasteiger partial charge in [-0.2, -0.15) is 23.5 Å². The van der Waals surface area contributed by atoms with Gasteiger partial charge in [-0.1, -0.05) is 12.8 Å². The molecule has 9 nitrogen and oxygen atoms in total. The van der Waals surface area contributed by atoms with Crippen LogP contribution in [0.4, 0.5) is 9.59 Å². The molecule has 0 bridgehead atoms. The number of hydrogen-bond donors (Lipinski definition) is 4. The number of hydrogen-bond acceptors (Lipinski definition) is 7. The van der Waals surface area contributed by atoms with Gasteiger partial charge in [-0.3, -0.25) is 9.59 Å². The van der Waals surface area contributed by atoms with E-state index in [0.717, 1.165) is 37.2 Å². The van der Waals surface area contributed by atoms with Gasteiger partial charge < -0.3 is 26.0 Å². The van der Waals surface area contributed by atoms with E-state index in [1.807, 2.05) is 23.5 Å². The molecule has 11 heteroatoms. The zero-order chi connectivity index (χ0) is 21.8. The first-order valence-corrected chi connectivity index (χ1v) is 13.2. The Morgan fingerprint density at radius 2 is 1.19 bits per heavy atom. The Hall–Kier alpha value is -1.62. The lowest BCUT2D eigenvalue weighted by Gasteiger charge is -2.16. The van der Waals surface area contributed by atoms with Gasteiger partial charge >= 0.3 is 24.0 Å². The molecule has 0 aromatic rings. The number of unbranched alkanes of at least 4 members (excludes halogenated alkanes) is 2. The zero-order valence-corrected chi connectivity index (χ0v) is 19.0. The van der Waals surface area contributed by atoms with Crippen molar-refractivity contribution >= 4 is 47.5 Å². The van der Waals surface area contributed by atoms with Crippen molar-refractivity contribution in [3.63, 3.8) is 0 Å². The van der Waals surface area contributed by atoms with Crippen LogP contribution in [0.3, 0.4) is 0 Å². The van der Waals surface area contributed by atoms with Crippen LogP contribution in [0.15, 0.2) is 0 Å². The quantitative estimate of drug-likeness (QED) is 0.165. The number of ether oxygens (including phenoxy) is 1. The molecular formula is C20H30N4O5S2. The largest absolute Gasteiger partial charge is 0.393 e. The van der Waals surface area contributed by atoms with Crippen molar-refractivity contribution in [2.45, 2.75) is 86.0 Å². The van der Waals surface area contributed by atoms with Gasteiger partial charge in [0.25, 0.3) is 0 Å². The number of fused-ring (bicyclic) bond motifs is 2. The van der Waals surface area contributed by atoms with Gasteiger partial charge in [0.1, 0.15) is 0 Å². The molecule has 0 aromatic carbocycles. The Bertz CT molecular complexity index is 666. The van der Waals surface area contributed by atoms with E-state index >= 15 is 0 Å². The number of urea groups is 2. The summed E-state index contributed by atoms with van der Waals surface area (Å²) in [6, 6.07) is 0.619. The third-order valence-corrected chi connectivity index (χ3v) is 9.36. The fourth-order valence-electron chi connectivity index (χ4n) is 4.74. The van der Waals surface area contributed by atoms with Crippen LogP contribution in [0.2, 0.25) is 0 Å². The average molecular weight is 471 g/mol. The molecule has 172 valence electrons. The molecule has 4 heterocycles. The highest BCUT2D eigenvalue weighted by molar-refractivity contribution is 8.00. The van der Waals surface area contributed by atoms with Crippen molar-refractivity contribution in [3.05, 3.63) is 0 Å². The van der Waals surface area contributed by atoms with Crippen molar-refractivity contribution in [1.82, 2.24) is 21.3 Å². The van der Waals surface area contributed by atoms with E-state index in [9.17, 15) is 19.2 Å². The number of amides is 4. The van der Waals surface area contributed by atoms with Crippen LogP contribution >= 0.6 is 23.5 Å². The van der Waals surface area contributed by atoms with Crippen LogP contribution in [0.1, 0.15) is 51.4 Å². The van der Waals surface area contributed by atoms with Crippen LogP contribution in [-0.2, 0) is 14.3 Å². The fourth-order valence-corrected chi connectivity index (χ4v) is 7.83. The number of thioether (sulfide) groups is 2. The van der Waals surface area contributed by atoms with Crippen LogP contribution in [0.25, 0.3) is 0 Å². The molecule has 0 unspecified atom stereocenters. The van der Waals surface area contributed by atoms with Gasteiger partial charge in [-0.15, -0.1) is 0 Å². The monoisotopic (exact) mass is 470 g/mol. The van der Waals surface area contributed by atoms with E-state index in [2.05, 4.69) is 21.3 Å². The molecule has 4 aliphatic heterocycles. The number of rotatable bonds is 10. The highest BCUT2D eigenvalue weighted by atomic mass is 32.2. The van der Waals surface area contributed by atoms with Crippen LogP contribution in [0.5, 0.6) is 0 Å².